The van der Waals surface area contributed by atoms with E-state index < -0.39 is 54.3 Å². The molecule has 0 bridgehead atoms. The number of pyridine rings is 1. The first-order chi connectivity index (χ1) is 16.6. The van der Waals surface area contributed by atoms with Crippen LogP contribution in [0, 0.1) is 6.92 Å². The van der Waals surface area contributed by atoms with E-state index >= 15 is 0 Å². The molecular weight excluding hydrogens is 491 g/mol. The highest BCUT2D eigenvalue weighted by atomic mass is 35.5. The molecule has 3 unspecified atom stereocenters. The van der Waals surface area contributed by atoms with E-state index in [-0.39, 0.29) is 23.3 Å². The van der Waals surface area contributed by atoms with Gasteiger partial charge in [-0.05, 0) is 13.0 Å². The summed E-state index contributed by atoms with van der Waals surface area (Å²) in [6, 6.07) is 9.33. The number of aliphatic hydroxyl groups is 1. The molecule has 186 valence electrons. The quantitative estimate of drug-likeness (QED) is 0.551. The smallest absolute Gasteiger partial charge is 0.388 e. The zero-order valence-corrected chi connectivity index (χ0v) is 19.0. The molecule has 0 aliphatic carbocycles. The lowest BCUT2D eigenvalue weighted by atomic mass is 9.92. The lowest BCUT2D eigenvalue weighted by Gasteiger charge is -2.46. The number of aryl methyl sites for hydroxylation is 1. The van der Waals surface area contributed by atoms with Gasteiger partial charge in [0.1, 0.15) is 30.2 Å². The minimum absolute atomic E-state index is 0.0324. The van der Waals surface area contributed by atoms with E-state index in [1.54, 1.807) is 0 Å². The van der Waals surface area contributed by atoms with Crippen LogP contribution >= 0.6 is 11.6 Å². The highest BCUT2D eigenvalue weighted by Gasteiger charge is 2.50. The average molecular weight is 512 g/mol. The second kappa shape index (κ2) is 9.12. The molecule has 2 aromatic heterocycles. The summed E-state index contributed by atoms with van der Waals surface area (Å²) in [5.74, 6) is 0.0727. The number of hydrogen-bond donors (Lipinski definition) is 2. The van der Waals surface area contributed by atoms with E-state index in [9.17, 15) is 18.3 Å². The van der Waals surface area contributed by atoms with Crippen molar-refractivity contribution in [1.29, 1.82) is 0 Å². The van der Waals surface area contributed by atoms with Gasteiger partial charge in [-0.2, -0.15) is 18.3 Å². The minimum Gasteiger partial charge on any atom is -0.388 e. The van der Waals surface area contributed by atoms with Crippen molar-refractivity contribution >= 4 is 11.6 Å². The van der Waals surface area contributed by atoms with Crippen LogP contribution in [0.4, 0.5) is 13.2 Å². The third-order valence-electron chi connectivity index (χ3n) is 5.86. The summed E-state index contributed by atoms with van der Waals surface area (Å²) >= 11 is 5.94. The van der Waals surface area contributed by atoms with Gasteiger partial charge in [0.15, 0.2) is 17.8 Å². The van der Waals surface area contributed by atoms with Gasteiger partial charge in [0.05, 0.1) is 23.4 Å². The van der Waals surface area contributed by atoms with Crippen molar-refractivity contribution in [3.8, 4) is 5.69 Å². The molecule has 5 rings (SSSR count). The molecule has 35 heavy (non-hydrogen) atoms. The number of halogens is 4. The molecule has 4 heterocycles. The lowest BCUT2D eigenvalue weighted by molar-refractivity contribution is -0.309. The van der Waals surface area contributed by atoms with Crippen LogP contribution in [-0.2, 0) is 20.4 Å². The maximum Gasteiger partial charge on any atom is 0.435 e. The molecule has 3 aromatic rings. The largest absolute Gasteiger partial charge is 0.435 e. The van der Waals surface area contributed by atoms with Gasteiger partial charge in [-0.3, -0.25) is 0 Å². The van der Waals surface area contributed by atoms with Crippen LogP contribution in [0.5, 0.6) is 0 Å². The Balaban J connectivity index is 1.47. The molecule has 2 aliphatic rings. The first-order valence-corrected chi connectivity index (χ1v) is 11.1. The summed E-state index contributed by atoms with van der Waals surface area (Å²) < 4.78 is 59.8. The van der Waals surface area contributed by atoms with Gasteiger partial charge in [0, 0.05) is 11.8 Å². The first kappa shape index (κ1) is 24.1. The molecule has 13 heteroatoms. The molecule has 9 nitrogen and oxygen atoms in total. The fraction of sp³-hybridized carbons (Fsp3) is 0.409. The molecule has 0 radical (unpaired) electrons. The summed E-state index contributed by atoms with van der Waals surface area (Å²) in [4.78, 5) is 7.68. The van der Waals surface area contributed by atoms with E-state index in [1.807, 2.05) is 30.3 Å². The van der Waals surface area contributed by atoms with Crippen molar-refractivity contribution in [1.82, 2.24) is 19.7 Å². The summed E-state index contributed by atoms with van der Waals surface area (Å²) in [6.45, 7) is 1.58. The second-order valence-corrected chi connectivity index (χ2v) is 8.72. The average Bonchev–Trinajstić information content (AvgIpc) is 3.22. The Morgan fingerprint density at radius 3 is 2.66 bits per heavy atom. The van der Waals surface area contributed by atoms with Gasteiger partial charge in [-0.1, -0.05) is 41.9 Å². The fourth-order valence-electron chi connectivity index (χ4n) is 4.27. The van der Waals surface area contributed by atoms with Gasteiger partial charge in [-0.15, -0.1) is 0 Å². The summed E-state index contributed by atoms with van der Waals surface area (Å²) in [5.41, 5.74) is 5.45. The maximum atomic E-state index is 13.7. The monoisotopic (exact) mass is 511 g/mol. The molecule has 2 saturated heterocycles. The number of alkyl halides is 3. The molecule has 1 aromatic carbocycles. The zero-order chi connectivity index (χ0) is 24.9. The first-order valence-electron chi connectivity index (χ1n) is 10.7. The summed E-state index contributed by atoms with van der Waals surface area (Å²) in [7, 11) is 0. The predicted molar refractivity (Wildman–Crippen MR) is 116 cm³/mol. The molecular formula is C22H21ClF3N5O4. The SMILES string of the molecule is Cc1nc([C@@H]2OC3COC(c4ccccc4)O[C@@H]3[C@H](N)C2O)n(-c2cc(Cl)cnc2C(F)(F)F)n1. The van der Waals surface area contributed by atoms with Crippen molar-refractivity contribution < 1.29 is 32.5 Å². The highest BCUT2D eigenvalue weighted by molar-refractivity contribution is 6.30. The summed E-state index contributed by atoms with van der Waals surface area (Å²) in [6.07, 6.45) is -8.61. The lowest BCUT2D eigenvalue weighted by Crippen LogP contribution is -2.62. The van der Waals surface area contributed by atoms with E-state index in [4.69, 9.17) is 31.5 Å². The van der Waals surface area contributed by atoms with E-state index in [2.05, 4.69) is 15.1 Å². The number of benzene rings is 1. The van der Waals surface area contributed by atoms with Crippen molar-refractivity contribution in [3.05, 3.63) is 70.5 Å². The fourth-order valence-corrected chi connectivity index (χ4v) is 4.42. The second-order valence-electron chi connectivity index (χ2n) is 8.29. The number of rotatable bonds is 3. The maximum absolute atomic E-state index is 13.7. The molecule has 3 N–H and O–H groups in total. The van der Waals surface area contributed by atoms with Crippen molar-refractivity contribution in [2.24, 2.45) is 5.73 Å². The Labute approximate surface area is 202 Å². The van der Waals surface area contributed by atoms with Crippen molar-refractivity contribution in [3.63, 3.8) is 0 Å². The van der Waals surface area contributed by atoms with Crippen molar-refractivity contribution in [2.75, 3.05) is 6.61 Å². The Hall–Kier alpha value is -2.61. The third-order valence-corrected chi connectivity index (χ3v) is 6.07. The van der Waals surface area contributed by atoms with Crippen molar-refractivity contribution in [2.45, 2.75) is 49.8 Å². The topological polar surface area (TPSA) is 118 Å². The minimum atomic E-state index is -4.79. The van der Waals surface area contributed by atoms with Gasteiger partial charge in [-0.25, -0.2) is 14.6 Å². The number of fused-ring (bicyclic) bond motifs is 1. The number of hydrogen-bond acceptors (Lipinski definition) is 8. The standard InChI is InChI=1S/C22H21ClF3N5O4/c1-10-29-20(31(30-10)13-7-12(23)8-28-19(13)22(24,25)26)18-16(32)15(27)17-14(34-18)9-33-21(35-17)11-5-3-2-4-6-11/h2-8,14-18,21,32H,9,27H2,1H3/t14?,15-,16?,17+,18-,21?/m1/s1. The van der Waals surface area contributed by atoms with Crippen LogP contribution in [0.15, 0.2) is 42.6 Å². The molecule has 2 fully saturated rings. The van der Waals surface area contributed by atoms with Crippen LogP contribution < -0.4 is 5.73 Å². The molecule has 0 amide bonds. The van der Waals surface area contributed by atoms with E-state index in [0.717, 1.165) is 22.5 Å². The number of ether oxygens (including phenoxy) is 3. The Morgan fingerprint density at radius 2 is 1.94 bits per heavy atom. The number of aliphatic hydroxyl groups excluding tert-OH is 1. The Bertz CT molecular complexity index is 1210. The highest BCUT2D eigenvalue weighted by Crippen LogP contribution is 2.40. The van der Waals surface area contributed by atoms with E-state index in [1.165, 1.54) is 6.92 Å². The van der Waals surface area contributed by atoms with Crippen LogP contribution in [0.2, 0.25) is 5.02 Å². The van der Waals surface area contributed by atoms with Gasteiger partial charge < -0.3 is 25.1 Å². The van der Waals surface area contributed by atoms with Gasteiger partial charge in [0.2, 0.25) is 0 Å². The molecule has 0 saturated carbocycles. The van der Waals surface area contributed by atoms with Crippen LogP contribution in [0.3, 0.4) is 0 Å². The van der Waals surface area contributed by atoms with Gasteiger partial charge >= 0.3 is 6.18 Å². The number of nitrogens with zero attached hydrogens (tertiary/aromatic N) is 4. The predicted octanol–water partition coefficient (Wildman–Crippen LogP) is 2.89. The summed E-state index contributed by atoms with van der Waals surface area (Å²) in [5, 5.41) is 15.1. The number of aromatic nitrogens is 4. The molecule has 0 spiro atoms. The normalized spacial score (nSPS) is 29.1. The van der Waals surface area contributed by atoms with E-state index in [0.29, 0.717) is 0 Å². The third kappa shape index (κ3) is 4.53. The molecule has 6 atom stereocenters. The van der Waals surface area contributed by atoms with Crippen LogP contribution in [0.1, 0.15) is 35.3 Å². The Morgan fingerprint density at radius 1 is 1.20 bits per heavy atom. The van der Waals surface area contributed by atoms with Crippen LogP contribution in [0.25, 0.3) is 5.69 Å². The molecule has 2 aliphatic heterocycles. The zero-order valence-electron chi connectivity index (χ0n) is 18.3. The van der Waals surface area contributed by atoms with Gasteiger partial charge in [0.25, 0.3) is 0 Å². The Kier molecular flexibility index (Phi) is 6.28. The van der Waals surface area contributed by atoms with Crippen LogP contribution in [-0.4, -0.2) is 55.8 Å². The number of nitrogens with two attached hydrogens (primary N) is 1.